The van der Waals surface area contributed by atoms with Gasteiger partial charge in [-0.25, -0.2) is 4.98 Å². The number of carbonyl (C=O) groups is 4. The minimum absolute atomic E-state index is 0.484. The van der Waals surface area contributed by atoms with Crippen LogP contribution < -0.4 is 21.7 Å². The number of carbonyl (C=O) groups excluding carboxylic acids is 4. The molecule has 1 heterocycles. The number of pyridine rings is 1. The second-order valence-electron chi connectivity index (χ2n) is 3.08. The minimum Gasteiger partial charge on any atom is -0.545 e. The van der Waals surface area contributed by atoms with Gasteiger partial charge >= 0.3 is 0 Å². The van der Waals surface area contributed by atoms with E-state index in [0.29, 0.717) is 6.07 Å². The van der Waals surface area contributed by atoms with Crippen molar-refractivity contribution in [2.75, 3.05) is 0 Å². The monoisotopic (exact) mass is 251 g/mol. The Balaban J connectivity index is 3.71. The van der Waals surface area contributed by atoms with E-state index in [1.807, 2.05) is 0 Å². The molecule has 4 N–H and O–H groups in total. The van der Waals surface area contributed by atoms with E-state index in [2.05, 4.69) is 4.98 Å². The number of aromatic carboxylic acids is 2. The van der Waals surface area contributed by atoms with Crippen molar-refractivity contribution in [3.05, 3.63) is 28.6 Å². The number of hydrogen-bond donors (Lipinski definition) is 2. The number of amides is 2. The van der Waals surface area contributed by atoms with Crippen molar-refractivity contribution in [1.82, 2.24) is 4.98 Å². The maximum Gasteiger partial charge on any atom is 0.268 e. The Labute approximate surface area is 99.0 Å². The first-order valence-corrected chi connectivity index (χ1v) is 4.33. The van der Waals surface area contributed by atoms with Crippen LogP contribution in [0.15, 0.2) is 6.07 Å². The summed E-state index contributed by atoms with van der Waals surface area (Å²) >= 11 is 0. The smallest absolute Gasteiger partial charge is 0.268 e. The van der Waals surface area contributed by atoms with Gasteiger partial charge < -0.3 is 31.3 Å². The molecule has 1 rings (SSSR count). The van der Waals surface area contributed by atoms with Gasteiger partial charge in [0.2, 0.25) is 0 Å². The Bertz CT molecular complexity index is 482. The highest BCUT2D eigenvalue weighted by Crippen LogP contribution is 2.12. The second kappa shape index (κ2) is 4.49. The third-order valence-corrected chi connectivity index (χ3v) is 1.93. The topological polar surface area (TPSA) is 179 Å². The third kappa shape index (κ3) is 2.24. The van der Waals surface area contributed by atoms with E-state index >= 15 is 0 Å². The summed E-state index contributed by atoms with van der Waals surface area (Å²) in [5.74, 6) is -6.31. The van der Waals surface area contributed by atoms with Gasteiger partial charge in [-0.3, -0.25) is 9.59 Å². The Hall–Kier alpha value is -2.97. The zero-order valence-corrected chi connectivity index (χ0v) is 8.63. The minimum atomic E-state index is -1.88. The normalized spacial score (nSPS) is 9.78. The number of primary amides is 2. The highest BCUT2D eigenvalue weighted by molar-refractivity contribution is 6.08. The Morgan fingerprint density at radius 2 is 1.22 bits per heavy atom. The fraction of sp³-hybridized carbons (Fsp3) is 0. The molecule has 0 saturated carbocycles. The number of rotatable bonds is 4. The maximum atomic E-state index is 10.9. The number of carboxylic acids is 2. The van der Waals surface area contributed by atoms with Crippen LogP contribution in [0.2, 0.25) is 0 Å². The standard InChI is InChI=1S/C9H7N3O6/c10-6(13)4-2(8(15)16)1-3(9(17)18)5(12-4)7(11)14/h1H,(H2,10,13)(H2,11,14)(H,15,16)(H,17,18)/p-2. The van der Waals surface area contributed by atoms with Crippen LogP contribution >= 0.6 is 0 Å². The van der Waals surface area contributed by atoms with Crippen molar-refractivity contribution in [1.29, 1.82) is 0 Å². The zero-order valence-electron chi connectivity index (χ0n) is 8.63. The van der Waals surface area contributed by atoms with Gasteiger partial charge in [0.05, 0.1) is 11.9 Å². The molecular weight excluding hydrogens is 246 g/mol. The van der Waals surface area contributed by atoms with E-state index in [4.69, 9.17) is 11.5 Å². The van der Waals surface area contributed by atoms with Gasteiger partial charge in [-0.15, -0.1) is 0 Å². The Morgan fingerprint density at radius 1 is 0.889 bits per heavy atom. The molecule has 0 saturated heterocycles. The molecule has 0 unspecified atom stereocenters. The van der Waals surface area contributed by atoms with E-state index in [1.54, 1.807) is 0 Å². The number of aromatic nitrogens is 1. The lowest BCUT2D eigenvalue weighted by molar-refractivity contribution is -0.255. The molecule has 1 aromatic rings. The van der Waals surface area contributed by atoms with Crippen molar-refractivity contribution in [3.63, 3.8) is 0 Å². The van der Waals surface area contributed by atoms with Crippen LogP contribution in [-0.4, -0.2) is 28.7 Å². The van der Waals surface area contributed by atoms with Crippen LogP contribution in [0.4, 0.5) is 0 Å². The van der Waals surface area contributed by atoms with Gasteiger partial charge in [0, 0.05) is 11.1 Å². The second-order valence-corrected chi connectivity index (χ2v) is 3.08. The van der Waals surface area contributed by atoms with Crippen molar-refractivity contribution in [2.24, 2.45) is 11.5 Å². The molecule has 0 aliphatic carbocycles. The van der Waals surface area contributed by atoms with Gasteiger partial charge in [0.15, 0.2) is 0 Å². The molecule has 0 aliphatic rings. The van der Waals surface area contributed by atoms with Crippen LogP contribution in [0.5, 0.6) is 0 Å². The Morgan fingerprint density at radius 3 is 1.44 bits per heavy atom. The van der Waals surface area contributed by atoms with Crippen molar-refractivity contribution in [3.8, 4) is 0 Å². The maximum absolute atomic E-state index is 10.9. The molecule has 0 spiro atoms. The largest absolute Gasteiger partial charge is 0.545 e. The SMILES string of the molecule is NC(=O)c1nc(C(N)=O)c(C(=O)[O-])cc1C(=O)[O-]. The molecule has 1 aromatic heterocycles. The molecule has 94 valence electrons. The fourth-order valence-electron chi connectivity index (χ4n) is 1.20. The molecule has 0 bridgehead atoms. The predicted octanol–water partition coefficient (Wildman–Crippen LogP) is -3.99. The summed E-state index contributed by atoms with van der Waals surface area (Å²) in [6.07, 6.45) is 0. The first-order chi connectivity index (χ1) is 8.25. The van der Waals surface area contributed by atoms with Gasteiger partial charge in [0.1, 0.15) is 11.4 Å². The summed E-state index contributed by atoms with van der Waals surface area (Å²) in [6.45, 7) is 0. The first kappa shape index (κ1) is 13.1. The van der Waals surface area contributed by atoms with Crippen LogP contribution in [-0.2, 0) is 0 Å². The van der Waals surface area contributed by atoms with E-state index in [9.17, 15) is 29.4 Å². The van der Waals surface area contributed by atoms with E-state index in [0.717, 1.165) is 0 Å². The van der Waals surface area contributed by atoms with Crippen LogP contribution in [0.1, 0.15) is 41.7 Å². The molecule has 0 fully saturated rings. The number of hydrogen-bond acceptors (Lipinski definition) is 7. The quantitative estimate of drug-likeness (QED) is 0.546. The fourth-order valence-corrected chi connectivity index (χ4v) is 1.20. The summed E-state index contributed by atoms with van der Waals surface area (Å²) in [7, 11) is 0. The van der Waals surface area contributed by atoms with Gasteiger partial charge in [-0.2, -0.15) is 0 Å². The van der Waals surface area contributed by atoms with Crippen LogP contribution in [0.25, 0.3) is 0 Å². The third-order valence-electron chi connectivity index (χ3n) is 1.93. The van der Waals surface area contributed by atoms with E-state index in [1.165, 1.54) is 0 Å². The Kier molecular flexibility index (Phi) is 3.27. The van der Waals surface area contributed by atoms with Gasteiger partial charge in [-0.05, 0) is 6.07 Å². The molecule has 0 radical (unpaired) electrons. The molecule has 9 heteroatoms. The summed E-state index contributed by atoms with van der Waals surface area (Å²) < 4.78 is 0. The number of carboxylic acid groups (broad SMARTS) is 2. The number of nitrogens with zero attached hydrogens (tertiary/aromatic N) is 1. The average molecular weight is 251 g/mol. The van der Waals surface area contributed by atoms with Crippen LogP contribution in [0, 0.1) is 0 Å². The molecule has 0 atom stereocenters. The van der Waals surface area contributed by atoms with Crippen molar-refractivity contribution >= 4 is 23.8 Å². The zero-order chi connectivity index (χ0) is 14.0. The summed E-state index contributed by atoms with van der Waals surface area (Å²) in [4.78, 5) is 46.5. The lowest BCUT2D eigenvalue weighted by Crippen LogP contribution is -2.33. The molecule has 2 amide bonds. The average Bonchev–Trinajstić information content (AvgIpc) is 2.26. The molecule has 0 aliphatic heterocycles. The molecular formula is C9H5N3O6-2. The first-order valence-electron chi connectivity index (χ1n) is 4.33. The van der Waals surface area contributed by atoms with Crippen molar-refractivity contribution in [2.45, 2.75) is 0 Å². The summed E-state index contributed by atoms with van der Waals surface area (Å²) in [6, 6.07) is 0.484. The summed E-state index contributed by atoms with van der Waals surface area (Å²) in [5.41, 5.74) is 6.29. The lowest BCUT2D eigenvalue weighted by Gasteiger charge is -2.13. The van der Waals surface area contributed by atoms with Crippen molar-refractivity contribution < 1.29 is 29.4 Å². The molecule has 0 aromatic carbocycles. The van der Waals surface area contributed by atoms with Gasteiger partial charge in [-0.1, -0.05) is 0 Å². The predicted molar refractivity (Wildman–Crippen MR) is 49.9 cm³/mol. The van der Waals surface area contributed by atoms with Crippen LogP contribution in [0.3, 0.4) is 0 Å². The lowest BCUT2D eigenvalue weighted by atomic mass is 10.1. The van der Waals surface area contributed by atoms with E-state index < -0.39 is 46.3 Å². The molecule has 18 heavy (non-hydrogen) atoms. The summed E-state index contributed by atoms with van der Waals surface area (Å²) in [5, 5.41) is 21.4. The highest BCUT2D eigenvalue weighted by Gasteiger charge is 2.19. The number of nitrogens with two attached hydrogens (primary N) is 2. The van der Waals surface area contributed by atoms with Gasteiger partial charge in [0.25, 0.3) is 11.8 Å². The van der Waals surface area contributed by atoms with E-state index in [-0.39, 0.29) is 0 Å². The molecule has 9 nitrogen and oxygen atoms in total. The highest BCUT2D eigenvalue weighted by atomic mass is 16.4.